The fourth-order valence-electron chi connectivity index (χ4n) is 1.49. The molecule has 1 aromatic heterocycles. The highest BCUT2D eigenvalue weighted by Gasteiger charge is 2.02. The van der Waals surface area contributed by atoms with Crippen molar-refractivity contribution in [1.29, 1.82) is 0 Å². The van der Waals surface area contributed by atoms with Gasteiger partial charge in [0, 0.05) is 26.2 Å². The monoisotopic (exact) mass is 253 g/mol. The highest BCUT2D eigenvalue weighted by atomic mass is 16.5. The van der Waals surface area contributed by atoms with Crippen LogP contribution in [0.3, 0.4) is 0 Å². The number of nitrogens with zero attached hydrogens (tertiary/aromatic N) is 2. The van der Waals surface area contributed by atoms with E-state index in [1.165, 1.54) is 0 Å². The van der Waals surface area contributed by atoms with Crippen LogP contribution >= 0.6 is 0 Å². The Balaban J connectivity index is 2.24. The van der Waals surface area contributed by atoms with Gasteiger partial charge in [-0.1, -0.05) is 0 Å². The van der Waals surface area contributed by atoms with Crippen LogP contribution in [-0.2, 0) is 4.74 Å². The van der Waals surface area contributed by atoms with Crippen molar-refractivity contribution in [1.82, 2.24) is 9.88 Å². The van der Waals surface area contributed by atoms with Crippen LogP contribution in [-0.4, -0.2) is 49.8 Å². The van der Waals surface area contributed by atoms with Crippen molar-refractivity contribution in [3.05, 3.63) is 12.3 Å². The minimum atomic E-state index is 0.576. The largest absolute Gasteiger partial charge is 0.397 e. The lowest BCUT2D eigenvalue weighted by Gasteiger charge is -2.17. The van der Waals surface area contributed by atoms with Crippen molar-refractivity contribution in [2.45, 2.75) is 6.92 Å². The molecule has 0 fully saturated rings. The molecule has 5 N–H and O–H groups in total. The molecule has 6 heteroatoms. The second kappa shape index (κ2) is 7.73. The Morgan fingerprint density at radius 2 is 2.17 bits per heavy atom. The van der Waals surface area contributed by atoms with Gasteiger partial charge in [0.15, 0.2) is 0 Å². The molecule has 0 aliphatic heterocycles. The highest BCUT2D eigenvalue weighted by molar-refractivity contribution is 5.65. The highest BCUT2D eigenvalue weighted by Crippen LogP contribution is 2.16. The number of ether oxygens (including phenoxy) is 1. The van der Waals surface area contributed by atoms with Crippen LogP contribution in [0, 0.1) is 0 Å². The van der Waals surface area contributed by atoms with Crippen molar-refractivity contribution < 1.29 is 4.74 Å². The summed E-state index contributed by atoms with van der Waals surface area (Å²) in [6.45, 7) is 6.12. The number of nitrogen functional groups attached to an aromatic ring is 2. The maximum absolute atomic E-state index is 5.80. The molecule has 0 saturated heterocycles. The van der Waals surface area contributed by atoms with Gasteiger partial charge in [0.1, 0.15) is 5.82 Å². The van der Waals surface area contributed by atoms with Crippen LogP contribution in [0.5, 0.6) is 0 Å². The number of hydrogen-bond donors (Lipinski definition) is 3. The second-order valence-corrected chi connectivity index (χ2v) is 4.13. The molecule has 1 rings (SSSR count). The molecule has 0 unspecified atom stereocenters. The van der Waals surface area contributed by atoms with Crippen LogP contribution in [0.2, 0.25) is 0 Å². The lowest BCUT2D eigenvalue weighted by atomic mass is 10.3. The molecule has 0 radical (unpaired) electrons. The number of rotatable bonds is 8. The third kappa shape index (κ3) is 5.20. The van der Waals surface area contributed by atoms with Crippen LogP contribution in [0.1, 0.15) is 6.92 Å². The van der Waals surface area contributed by atoms with Gasteiger partial charge in [0.2, 0.25) is 0 Å². The van der Waals surface area contributed by atoms with E-state index < -0.39 is 0 Å². The Hall–Kier alpha value is -1.53. The van der Waals surface area contributed by atoms with Crippen molar-refractivity contribution in [3.63, 3.8) is 0 Å². The van der Waals surface area contributed by atoms with Gasteiger partial charge in [-0.3, -0.25) is 0 Å². The molecule has 0 amide bonds. The Kier molecular flexibility index (Phi) is 6.24. The van der Waals surface area contributed by atoms with Crippen molar-refractivity contribution in [2.75, 3.05) is 56.7 Å². The number of aromatic nitrogens is 1. The lowest BCUT2D eigenvalue weighted by Crippen LogP contribution is -2.28. The summed E-state index contributed by atoms with van der Waals surface area (Å²) >= 11 is 0. The molecule has 0 bridgehead atoms. The number of nitrogens with one attached hydrogen (secondary N) is 1. The molecule has 1 aromatic rings. The maximum Gasteiger partial charge on any atom is 0.149 e. The first-order chi connectivity index (χ1) is 8.63. The summed E-state index contributed by atoms with van der Waals surface area (Å²) in [5.74, 6) is 0.683. The van der Waals surface area contributed by atoms with E-state index in [9.17, 15) is 0 Å². The average Bonchev–Trinajstić information content (AvgIpc) is 2.32. The predicted molar refractivity (Wildman–Crippen MR) is 75.5 cm³/mol. The summed E-state index contributed by atoms with van der Waals surface area (Å²) in [6, 6.07) is 1.70. The third-order valence-electron chi connectivity index (χ3n) is 2.55. The normalized spacial score (nSPS) is 10.8. The summed E-state index contributed by atoms with van der Waals surface area (Å²) in [4.78, 5) is 6.34. The third-order valence-corrected chi connectivity index (χ3v) is 2.55. The molecule has 0 aromatic carbocycles. The van der Waals surface area contributed by atoms with E-state index in [0.29, 0.717) is 17.2 Å². The fourth-order valence-corrected chi connectivity index (χ4v) is 1.49. The van der Waals surface area contributed by atoms with Crippen LogP contribution < -0.4 is 16.8 Å². The molecule has 0 spiro atoms. The zero-order valence-electron chi connectivity index (χ0n) is 11.1. The van der Waals surface area contributed by atoms with Crippen LogP contribution in [0.15, 0.2) is 12.3 Å². The molecular weight excluding hydrogens is 230 g/mol. The number of likely N-dealkylation sites (N-methyl/N-ethyl adjacent to an activating group) is 1. The molecule has 0 saturated carbocycles. The van der Waals surface area contributed by atoms with Gasteiger partial charge in [0.05, 0.1) is 24.2 Å². The molecule has 18 heavy (non-hydrogen) atoms. The Morgan fingerprint density at radius 3 is 2.83 bits per heavy atom. The fraction of sp³-hybridized carbons (Fsp3) is 0.583. The standard InChI is InChI=1S/C12H23N5O/c1-3-18-7-6-17(2)5-4-15-12-11(14)8-10(13)9-16-12/h8-9H,3-7,13-14H2,1-2H3,(H,15,16). The van der Waals surface area contributed by atoms with Gasteiger partial charge in [0.25, 0.3) is 0 Å². The minimum Gasteiger partial charge on any atom is -0.397 e. The Morgan fingerprint density at radius 1 is 1.39 bits per heavy atom. The predicted octanol–water partition coefficient (Wildman–Crippen LogP) is 0.626. The number of pyridine rings is 1. The van der Waals surface area contributed by atoms with Gasteiger partial charge in [-0.15, -0.1) is 0 Å². The van der Waals surface area contributed by atoms with Gasteiger partial charge in [-0.25, -0.2) is 4.98 Å². The minimum absolute atomic E-state index is 0.576. The SMILES string of the molecule is CCOCCN(C)CCNc1ncc(N)cc1N. The van der Waals surface area contributed by atoms with E-state index in [-0.39, 0.29) is 0 Å². The molecule has 6 nitrogen and oxygen atoms in total. The Bertz CT molecular complexity index is 358. The maximum atomic E-state index is 5.80. The van der Waals surface area contributed by atoms with E-state index >= 15 is 0 Å². The van der Waals surface area contributed by atoms with Gasteiger partial charge in [-0.05, 0) is 20.0 Å². The molecule has 0 aliphatic carbocycles. The van der Waals surface area contributed by atoms with Crippen LogP contribution in [0.4, 0.5) is 17.2 Å². The van der Waals surface area contributed by atoms with E-state index in [4.69, 9.17) is 16.2 Å². The van der Waals surface area contributed by atoms with Crippen molar-refractivity contribution in [2.24, 2.45) is 0 Å². The van der Waals surface area contributed by atoms with E-state index in [0.717, 1.165) is 32.8 Å². The molecule has 0 atom stereocenters. The quantitative estimate of drug-likeness (QED) is 0.589. The number of anilines is 3. The van der Waals surface area contributed by atoms with Crippen molar-refractivity contribution in [3.8, 4) is 0 Å². The molecule has 1 heterocycles. The first-order valence-corrected chi connectivity index (χ1v) is 6.14. The van der Waals surface area contributed by atoms with Crippen LogP contribution in [0.25, 0.3) is 0 Å². The summed E-state index contributed by atoms with van der Waals surface area (Å²) in [7, 11) is 2.06. The lowest BCUT2D eigenvalue weighted by molar-refractivity contribution is 0.123. The van der Waals surface area contributed by atoms with Gasteiger partial charge >= 0.3 is 0 Å². The van der Waals surface area contributed by atoms with Gasteiger partial charge in [-0.2, -0.15) is 0 Å². The summed E-state index contributed by atoms with van der Waals surface area (Å²) in [5, 5.41) is 3.19. The first-order valence-electron chi connectivity index (χ1n) is 6.14. The average molecular weight is 253 g/mol. The molecule has 0 aliphatic rings. The first kappa shape index (κ1) is 14.5. The van der Waals surface area contributed by atoms with E-state index in [1.807, 2.05) is 6.92 Å². The van der Waals surface area contributed by atoms with Crippen molar-refractivity contribution >= 4 is 17.2 Å². The van der Waals surface area contributed by atoms with Gasteiger partial charge < -0.3 is 26.4 Å². The molecule has 102 valence electrons. The molecular formula is C12H23N5O. The zero-order chi connectivity index (χ0) is 13.4. The second-order valence-electron chi connectivity index (χ2n) is 4.13. The number of nitrogens with two attached hydrogens (primary N) is 2. The Labute approximate surface area is 108 Å². The zero-order valence-corrected chi connectivity index (χ0v) is 11.1. The summed E-state index contributed by atoms with van der Waals surface area (Å²) in [6.07, 6.45) is 1.59. The van der Waals surface area contributed by atoms with E-state index in [1.54, 1.807) is 12.3 Å². The number of hydrogen-bond acceptors (Lipinski definition) is 6. The summed E-state index contributed by atoms with van der Waals surface area (Å²) in [5.41, 5.74) is 12.5. The smallest absolute Gasteiger partial charge is 0.149 e. The topological polar surface area (TPSA) is 89.4 Å². The van der Waals surface area contributed by atoms with E-state index in [2.05, 4.69) is 22.2 Å². The summed E-state index contributed by atoms with van der Waals surface area (Å²) < 4.78 is 5.29.